The minimum Gasteiger partial charge on any atom is -0.478 e. The molecule has 0 saturated carbocycles. The normalized spacial score (nSPS) is 11.3. The number of nitrogens with zero attached hydrogens (tertiary/aromatic N) is 1. The SMILES string of the molecule is CCCc1ccc(CO/C(=N\N)c2ccc(C(=O)O)cc2)cc1. The molecule has 5 heteroatoms. The lowest BCUT2D eigenvalue weighted by molar-refractivity contribution is 0.0697. The molecule has 5 nitrogen and oxygen atoms in total. The van der Waals surface area contributed by atoms with Crippen LogP contribution in [0, 0.1) is 0 Å². The zero-order valence-corrected chi connectivity index (χ0v) is 13.0. The van der Waals surface area contributed by atoms with Gasteiger partial charge in [-0.15, -0.1) is 5.10 Å². The zero-order chi connectivity index (χ0) is 16.7. The van der Waals surface area contributed by atoms with Crippen LogP contribution >= 0.6 is 0 Å². The van der Waals surface area contributed by atoms with Crippen molar-refractivity contribution in [3.63, 3.8) is 0 Å². The molecule has 3 N–H and O–H groups in total. The Balaban J connectivity index is 2.01. The molecule has 0 unspecified atom stereocenters. The van der Waals surface area contributed by atoms with E-state index >= 15 is 0 Å². The molecule has 2 rings (SSSR count). The summed E-state index contributed by atoms with van der Waals surface area (Å²) in [6.45, 7) is 2.50. The van der Waals surface area contributed by atoms with Gasteiger partial charge in [0.05, 0.1) is 5.56 Å². The van der Waals surface area contributed by atoms with Crippen LogP contribution in [0.15, 0.2) is 53.6 Å². The number of rotatable bonds is 6. The Labute approximate surface area is 135 Å². The smallest absolute Gasteiger partial charge is 0.335 e. The number of carboxylic acids is 1. The van der Waals surface area contributed by atoms with Crippen LogP contribution < -0.4 is 5.84 Å². The molecule has 2 aromatic rings. The van der Waals surface area contributed by atoms with Crippen LogP contribution in [0.1, 0.15) is 40.4 Å². The molecule has 0 saturated heterocycles. The number of carbonyl (C=O) groups is 1. The maximum absolute atomic E-state index is 10.9. The van der Waals surface area contributed by atoms with Gasteiger partial charge < -0.3 is 15.7 Å². The summed E-state index contributed by atoms with van der Waals surface area (Å²) in [4.78, 5) is 10.9. The van der Waals surface area contributed by atoms with Crippen molar-refractivity contribution < 1.29 is 14.6 Å². The Morgan fingerprint density at radius 3 is 2.13 bits per heavy atom. The lowest BCUT2D eigenvalue weighted by atomic mass is 10.1. The van der Waals surface area contributed by atoms with E-state index in [0.29, 0.717) is 12.2 Å². The molecule has 0 radical (unpaired) electrons. The fraction of sp³-hybridized carbons (Fsp3) is 0.222. The molecular formula is C18H20N2O3. The van der Waals surface area contributed by atoms with E-state index < -0.39 is 5.97 Å². The fourth-order valence-electron chi connectivity index (χ4n) is 2.19. The largest absolute Gasteiger partial charge is 0.478 e. The molecule has 0 aromatic heterocycles. The molecule has 0 spiro atoms. The molecule has 0 aliphatic heterocycles. The highest BCUT2D eigenvalue weighted by atomic mass is 16.5. The molecular weight excluding hydrogens is 292 g/mol. The Morgan fingerprint density at radius 1 is 1.04 bits per heavy atom. The van der Waals surface area contributed by atoms with Gasteiger partial charge in [0, 0.05) is 5.56 Å². The number of aryl methyl sites for hydroxylation is 1. The third-order valence-electron chi connectivity index (χ3n) is 3.43. The Morgan fingerprint density at radius 2 is 1.61 bits per heavy atom. The summed E-state index contributed by atoms with van der Waals surface area (Å²) in [6, 6.07) is 14.4. The van der Waals surface area contributed by atoms with Gasteiger partial charge in [-0.05, 0) is 41.8 Å². The van der Waals surface area contributed by atoms with E-state index in [4.69, 9.17) is 15.7 Å². The van der Waals surface area contributed by atoms with Crippen LogP contribution in [-0.4, -0.2) is 17.0 Å². The molecule has 0 atom stereocenters. The molecule has 0 aliphatic carbocycles. The molecule has 0 bridgehead atoms. The van der Waals surface area contributed by atoms with Crippen LogP contribution in [0.2, 0.25) is 0 Å². The van der Waals surface area contributed by atoms with Crippen molar-refractivity contribution in [3.8, 4) is 0 Å². The summed E-state index contributed by atoms with van der Waals surface area (Å²) in [5, 5.41) is 12.5. The van der Waals surface area contributed by atoms with Crippen LogP contribution in [0.5, 0.6) is 0 Å². The van der Waals surface area contributed by atoms with Gasteiger partial charge in [0.2, 0.25) is 5.90 Å². The van der Waals surface area contributed by atoms with Gasteiger partial charge in [0.1, 0.15) is 6.61 Å². The van der Waals surface area contributed by atoms with E-state index in [1.165, 1.54) is 17.7 Å². The first kappa shape index (κ1) is 16.5. The maximum Gasteiger partial charge on any atom is 0.335 e. The topological polar surface area (TPSA) is 84.9 Å². The number of ether oxygens (including phenoxy) is 1. The minimum absolute atomic E-state index is 0.205. The van der Waals surface area contributed by atoms with Crippen molar-refractivity contribution in [1.29, 1.82) is 0 Å². The van der Waals surface area contributed by atoms with E-state index in [1.54, 1.807) is 12.1 Å². The standard InChI is InChI=1S/C18H20N2O3/c1-2-3-13-4-6-14(7-5-13)12-23-17(20-19)15-8-10-16(11-9-15)18(21)22/h4-11H,2-3,12,19H2,1H3,(H,21,22)/b20-17-. The van der Waals surface area contributed by atoms with Crippen molar-refractivity contribution in [2.24, 2.45) is 10.9 Å². The number of benzene rings is 2. The minimum atomic E-state index is -0.976. The predicted molar refractivity (Wildman–Crippen MR) is 89.4 cm³/mol. The molecule has 0 heterocycles. The molecule has 0 aliphatic rings. The number of aromatic carboxylic acids is 1. The highest BCUT2D eigenvalue weighted by molar-refractivity contribution is 5.95. The summed E-state index contributed by atoms with van der Waals surface area (Å²) >= 11 is 0. The van der Waals surface area contributed by atoms with E-state index in [1.807, 2.05) is 12.1 Å². The quantitative estimate of drug-likeness (QED) is 0.371. The zero-order valence-electron chi connectivity index (χ0n) is 13.0. The summed E-state index contributed by atoms with van der Waals surface area (Å²) in [5.41, 5.74) is 3.16. The van der Waals surface area contributed by atoms with Crippen molar-refractivity contribution in [3.05, 3.63) is 70.8 Å². The van der Waals surface area contributed by atoms with Crippen LogP contribution in [0.4, 0.5) is 0 Å². The van der Waals surface area contributed by atoms with Crippen molar-refractivity contribution in [2.75, 3.05) is 0 Å². The van der Waals surface area contributed by atoms with Crippen molar-refractivity contribution >= 4 is 11.9 Å². The molecule has 0 fully saturated rings. The Bertz CT molecular complexity index is 676. The van der Waals surface area contributed by atoms with E-state index in [2.05, 4.69) is 24.2 Å². The first-order valence-corrected chi connectivity index (χ1v) is 7.46. The average Bonchev–Trinajstić information content (AvgIpc) is 2.57. The predicted octanol–water partition coefficient (Wildman–Crippen LogP) is 3.17. The van der Waals surface area contributed by atoms with E-state index in [-0.39, 0.29) is 11.5 Å². The summed E-state index contributed by atoms with van der Waals surface area (Å²) in [5.74, 6) is 4.68. The van der Waals surface area contributed by atoms with Gasteiger partial charge in [-0.3, -0.25) is 0 Å². The third-order valence-corrected chi connectivity index (χ3v) is 3.43. The van der Waals surface area contributed by atoms with Gasteiger partial charge >= 0.3 is 5.97 Å². The van der Waals surface area contributed by atoms with Gasteiger partial charge in [-0.1, -0.05) is 37.6 Å². The van der Waals surface area contributed by atoms with Crippen molar-refractivity contribution in [2.45, 2.75) is 26.4 Å². The number of carboxylic acid groups (broad SMARTS) is 1. The van der Waals surface area contributed by atoms with Crippen LogP contribution in [-0.2, 0) is 17.8 Å². The number of hydrogen-bond donors (Lipinski definition) is 2. The van der Waals surface area contributed by atoms with Crippen LogP contribution in [0.3, 0.4) is 0 Å². The lowest BCUT2D eigenvalue weighted by Crippen LogP contribution is -2.10. The maximum atomic E-state index is 10.9. The third kappa shape index (κ3) is 4.57. The Kier molecular flexibility index (Phi) is 5.74. The number of hydrazone groups is 1. The molecule has 2 aromatic carbocycles. The van der Waals surface area contributed by atoms with E-state index in [0.717, 1.165) is 18.4 Å². The highest BCUT2D eigenvalue weighted by Gasteiger charge is 2.08. The van der Waals surface area contributed by atoms with E-state index in [9.17, 15) is 4.79 Å². The number of hydrogen-bond acceptors (Lipinski definition) is 4. The highest BCUT2D eigenvalue weighted by Crippen LogP contribution is 2.11. The second kappa shape index (κ2) is 7.98. The molecule has 0 amide bonds. The lowest BCUT2D eigenvalue weighted by Gasteiger charge is -2.09. The Hall–Kier alpha value is -2.82. The van der Waals surface area contributed by atoms with Crippen molar-refractivity contribution in [1.82, 2.24) is 0 Å². The summed E-state index contributed by atoms with van der Waals surface area (Å²) in [7, 11) is 0. The molecule has 23 heavy (non-hydrogen) atoms. The summed E-state index contributed by atoms with van der Waals surface area (Å²) < 4.78 is 5.64. The first-order valence-electron chi connectivity index (χ1n) is 7.46. The first-order chi connectivity index (χ1) is 11.1. The second-order valence-electron chi connectivity index (χ2n) is 5.17. The van der Waals surface area contributed by atoms with Gasteiger partial charge in [-0.25, -0.2) is 4.79 Å². The fourth-order valence-corrected chi connectivity index (χ4v) is 2.19. The average molecular weight is 312 g/mol. The second-order valence-corrected chi connectivity index (χ2v) is 5.17. The van der Waals surface area contributed by atoms with Gasteiger partial charge in [0.15, 0.2) is 0 Å². The van der Waals surface area contributed by atoms with Gasteiger partial charge in [0.25, 0.3) is 0 Å². The monoisotopic (exact) mass is 312 g/mol. The van der Waals surface area contributed by atoms with Gasteiger partial charge in [-0.2, -0.15) is 0 Å². The summed E-state index contributed by atoms with van der Waals surface area (Å²) in [6.07, 6.45) is 2.18. The molecule has 120 valence electrons. The van der Waals surface area contributed by atoms with Crippen LogP contribution in [0.25, 0.3) is 0 Å². The number of nitrogens with two attached hydrogens (primary N) is 1.